The number of carbonyl (C=O) groups is 1. The van der Waals surface area contributed by atoms with E-state index < -0.39 is 0 Å². The predicted molar refractivity (Wildman–Crippen MR) is 57.8 cm³/mol. The Kier molecular flexibility index (Phi) is 3.46. The molecule has 1 aromatic heterocycles. The molecule has 0 saturated carbocycles. The van der Waals surface area contributed by atoms with E-state index in [2.05, 4.69) is 15.3 Å². The molecule has 2 rings (SSSR count). The van der Waals surface area contributed by atoms with Gasteiger partial charge in [-0.1, -0.05) is 0 Å². The van der Waals surface area contributed by atoms with Crippen molar-refractivity contribution < 1.29 is 9.53 Å². The van der Waals surface area contributed by atoms with E-state index in [1.165, 1.54) is 6.33 Å². The van der Waals surface area contributed by atoms with E-state index in [0.717, 1.165) is 12.2 Å². The molecule has 5 nitrogen and oxygen atoms in total. The Hall–Kier alpha value is -1.49. The fourth-order valence-corrected chi connectivity index (χ4v) is 2.01. The van der Waals surface area contributed by atoms with Gasteiger partial charge in [-0.15, -0.1) is 0 Å². The maximum absolute atomic E-state index is 11.7. The zero-order valence-corrected chi connectivity index (χ0v) is 9.22. The van der Waals surface area contributed by atoms with Crippen molar-refractivity contribution in [2.45, 2.75) is 12.8 Å². The van der Waals surface area contributed by atoms with Crippen molar-refractivity contribution in [2.24, 2.45) is 5.92 Å². The van der Waals surface area contributed by atoms with Crippen molar-refractivity contribution in [3.8, 4) is 0 Å². The van der Waals surface area contributed by atoms with Crippen LogP contribution in [-0.4, -0.2) is 35.6 Å². The summed E-state index contributed by atoms with van der Waals surface area (Å²) in [6.07, 6.45) is 3.21. The molecule has 0 bridgehead atoms. The second-order valence-corrected chi connectivity index (χ2v) is 3.76. The molecule has 0 aromatic carbocycles. The second-order valence-electron chi connectivity index (χ2n) is 3.76. The van der Waals surface area contributed by atoms with Crippen LogP contribution in [0.2, 0.25) is 0 Å². The standard InChI is InChI=1S/C11H15N3O2/c1-2-16-11(15)9-6-13-5-8(9)10-3-4-12-7-14-10/h3-4,7-9,13H,2,5-6H2,1H3. The maximum atomic E-state index is 11.7. The fourth-order valence-electron chi connectivity index (χ4n) is 2.01. The minimum Gasteiger partial charge on any atom is -0.466 e. The van der Waals surface area contributed by atoms with Crippen LogP contribution in [0.3, 0.4) is 0 Å². The SMILES string of the molecule is CCOC(=O)C1CNCC1c1ccncn1. The van der Waals surface area contributed by atoms with Crippen molar-refractivity contribution in [3.63, 3.8) is 0 Å². The van der Waals surface area contributed by atoms with Gasteiger partial charge >= 0.3 is 5.97 Å². The Morgan fingerprint density at radius 1 is 1.62 bits per heavy atom. The van der Waals surface area contributed by atoms with E-state index in [9.17, 15) is 4.79 Å². The Labute approximate surface area is 94.2 Å². The number of ether oxygens (including phenoxy) is 1. The van der Waals surface area contributed by atoms with Crippen LogP contribution in [0.25, 0.3) is 0 Å². The molecule has 86 valence electrons. The molecular formula is C11H15N3O2. The smallest absolute Gasteiger partial charge is 0.310 e. The van der Waals surface area contributed by atoms with Crippen LogP contribution in [0.15, 0.2) is 18.6 Å². The minimum absolute atomic E-state index is 0.0991. The van der Waals surface area contributed by atoms with Gasteiger partial charge in [-0.25, -0.2) is 9.97 Å². The number of rotatable bonds is 3. The number of esters is 1. The van der Waals surface area contributed by atoms with Crippen LogP contribution in [0.1, 0.15) is 18.5 Å². The molecule has 1 aromatic rings. The van der Waals surface area contributed by atoms with Gasteiger partial charge in [-0.3, -0.25) is 4.79 Å². The van der Waals surface area contributed by atoms with Crippen LogP contribution in [-0.2, 0) is 9.53 Å². The Balaban J connectivity index is 2.12. The molecule has 1 N–H and O–H groups in total. The van der Waals surface area contributed by atoms with Gasteiger partial charge in [0.25, 0.3) is 0 Å². The lowest BCUT2D eigenvalue weighted by Gasteiger charge is -2.15. The van der Waals surface area contributed by atoms with Gasteiger partial charge < -0.3 is 10.1 Å². The largest absolute Gasteiger partial charge is 0.466 e. The first-order chi connectivity index (χ1) is 7.83. The van der Waals surface area contributed by atoms with Crippen LogP contribution >= 0.6 is 0 Å². The quantitative estimate of drug-likeness (QED) is 0.746. The van der Waals surface area contributed by atoms with Crippen molar-refractivity contribution in [1.29, 1.82) is 0 Å². The molecule has 16 heavy (non-hydrogen) atoms. The average Bonchev–Trinajstić information content (AvgIpc) is 2.79. The molecule has 0 spiro atoms. The van der Waals surface area contributed by atoms with Crippen molar-refractivity contribution in [3.05, 3.63) is 24.3 Å². The zero-order chi connectivity index (χ0) is 11.4. The lowest BCUT2D eigenvalue weighted by atomic mass is 9.93. The monoisotopic (exact) mass is 221 g/mol. The van der Waals surface area contributed by atoms with Gasteiger partial charge in [0, 0.05) is 30.9 Å². The van der Waals surface area contributed by atoms with E-state index >= 15 is 0 Å². The molecule has 2 unspecified atom stereocenters. The predicted octanol–water partition coefficient (Wildman–Crippen LogP) is 0.343. The molecular weight excluding hydrogens is 206 g/mol. The Bertz CT molecular complexity index is 356. The molecule has 1 fully saturated rings. The second kappa shape index (κ2) is 5.03. The van der Waals surface area contributed by atoms with E-state index in [1.807, 2.05) is 13.0 Å². The summed E-state index contributed by atoms with van der Waals surface area (Å²) >= 11 is 0. The maximum Gasteiger partial charge on any atom is 0.310 e. The Morgan fingerprint density at radius 3 is 3.19 bits per heavy atom. The molecule has 0 aliphatic carbocycles. The van der Waals surface area contributed by atoms with Gasteiger partial charge in [0.15, 0.2) is 0 Å². The molecule has 2 atom stereocenters. The van der Waals surface area contributed by atoms with Gasteiger partial charge in [0.05, 0.1) is 12.5 Å². The van der Waals surface area contributed by atoms with E-state index in [1.54, 1.807) is 6.20 Å². The highest BCUT2D eigenvalue weighted by atomic mass is 16.5. The molecule has 1 aliphatic rings. The van der Waals surface area contributed by atoms with Crippen molar-refractivity contribution in [2.75, 3.05) is 19.7 Å². The summed E-state index contributed by atoms with van der Waals surface area (Å²) in [7, 11) is 0. The molecule has 1 aliphatic heterocycles. The van der Waals surface area contributed by atoms with E-state index in [-0.39, 0.29) is 17.8 Å². The summed E-state index contributed by atoms with van der Waals surface area (Å²) < 4.78 is 5.06. The van der Waals surface area contributed by atoms with Crippen molar-refractivity contribution in [1.82, 2.24) is 15.3 Å². The topological polar surface area (TPSA) is 64.1 Å². The van der Waals surface area contributed by atoms with E-state index in [4.69, 9.17) is 4.74 Å². The highest BCUT2D eigenvalue weighted by Gasteiger charge is 2.35. The number of carbonyl (C=O) groups excluding carboxylic acids is 1. The number of hydrogen-bond acceptors (Lipinski definition) is 5. The zero-order valence-electron chi connectivity index (χ0n) is 9.22. The summed E-state index contributed by atoms with van der Waals surface area (Å²) in [5.41, 5.74) is 0.901. The summed E-state index contributed by atoms with van der Waals surface area (Å²) in [4.78, 5) is 19.8. The summed E-state index contributed by atoms with van der Waals surface area (Å²) in [5.74, 6) is -0.173. The van der Waals surface area contributed by atoms with Gasteiger partial charge in [0.2, 0.25) is 0 Å². The minimum atomic E-state index is -0.142. The molecule has 0 radical (unpaired) electrons. The van der Waals surface area contributed by atoms with Crippen LogP contribution in [0.4, 0.5) is 0 Å². The molecule has 2 heterocycles. The lowest BCUT2D eigenvalue weighted by Crippen LogP contribution is -2.24. The third kappa shape index (κ3) is 2.19. The average molecular weight is 221 g/mol. The van der Waals surface area contributed by atoms with Crippen LogP contribution in [0, 0.1) is 5.92 Å². The van der Waals surface area contributed by atoms with Gasteiger partial charge in [-0.2, -0.15) is 0 Å². The van der Waals surface area contributed by atoms with Crippen LogP contribution in [0.5, 0.6) is 0 Å². The number of nitrogens with one attached hydrogen (secondary N) is 1. The number of aromatic nitrogens is 2. The summed E-state index contributed by atoms with van der Waals surface area (Å²) in [6, 6.07) is 1.85. The molecule has 1 saturated heterocycles. The first-order valence-electron chi connectivity index (χ1n) is 5.46. The van der Waals surface area contributed by atoms with Crippen molar-refractivity contribution >= 4 is 5.97 Å². The van der Waals surface area contributed by atoms with E-state index in [0.29, 0.717) is 13.2 Å². The highest BCUT2D eigenvalue weighted by Crippen LogP contribution is 2.27. The lowest BCUT2D eigenvalue weighted by molar-refractivity contribution is -0.147. The third-order valence-corrected chi connectivity index (χ3v) is 2.79. The first kappa shape index (κ1) is 11.0. The number of hydrogen-bond donors (Lipinski definition) is 1. The summed E-state index contributed by atoms with van der Waals surface area (Å²) in [5, 5.41) is 3.20. The highest BCUT2D eigenvalue weighted by molar-refractivity contribution is 5.74. The fraction of sp³-hybridized carbons (Fsp3) is 0.545. The summed E-state index contributed by atoms with van der Waals surface area (Å²) in [6.45, 7) is 3.67. The first-order valence-corrected chi connectivity index (χ1v) is 5.46. The van der Waals surface area contributed by atoms with Gasteiger partial charge in [0.1, 0.15) is 6.33 Å². The van der Waals surface area contributed by atoms with Gasteiger partial charge in [-0.05, 0) is 13.0 Å². The third-order valence-electron chi connectivity index (χ3n) is 2.79. The normalized spacial score (nSPS) is 24.3. The molecule has 0 amide bonds. The number of nitrogens with zero attached hydrogens (tertiary/aromatic N) is 2. The Morgan fingerprint density at radius 2 is 2.50 bits per heavy atom. The molecule has 5 heteroatoms. The van der Waals surface area contributed by atoms with Crippen LogP contribution < -0.4 is 5.32 Å².